The van der Waals surface area contributed by atoms with Gasteiger partial charge >= 0.3 is 6.18 Å². The van der Waals surface area contributed by atoms with Crippen LogP contribution in [0.1, 0.15) is 16.1 Å². The minimum atomic E-state index is -4.50. The van der Waals surface area contributed by atoms with Gasteiger partial charge in [0.05, 0.1) is 5.52 Å². The average molecular weight is 396 g/mol. The zero-order valence-corrected chi connectivity index (χ0v) is 14.7. The Morgan fingerprint density at radius 2 is 2.00 bits per heavy atom. The van der Waals surface area contributed by atoms with Crippen molar-refractivity contribution in [2.45, 2.75) is 12.7 Å². The molecule has 6 nitrogen and oxygen atoms in total. The molecule has 2 aromatic carbocycles. The highest BCUT2D eigenvalue weighted by atomic mass is 19.4. The number of alkyl halides is 3. The molecule has 0 aliphatic rings. The number of aromatic amines is 1. The number of rotatable bonds is 6. The molecule has 0 bridgehead atoms. The number of benzene rings is 2. The monoisotopic (exact) mass is 396 g/mol. The Labute approximate surface area is 156 Å². The Balaban J connectivity index is 1.80. The molecule has 0 radical (unpaired) electrons. The standard InChI is InChI=1S/C18H16F4N4O2/c1-23-17(27)16-13-7-12(3-4-14(13)25-26-16)24-8-10-6-11(19)2-5-15(10)28-9-18(20,21)22/h2-7,24H,8-9H2,1H3,(H,23,27)(H,25,26). The molecule has 0 spiro atoms. The number of hydrogen-bond donors (Lipinski definition) is 3. The molecule has 10 heteroatoms. The van der Waals surface area contributed by atoms with Gasteiger partial charge in [-0.1, -0.05) is 0 Å². The molecule has 3 N–H and O–H groups in total. The minimum absolute atomic E-state index is 0.0175. The number of ether oxygens (including phenoxy) is 1. The van der Waals surface area contributed by atoms with Crippen molar-refractivity contribution in [3.63, 3.8) is 0 Å². The molecule has 0 saturated heterocycles. The maximum atomic E-state index is 13.5. The van der Waals surface area contributed by atoms with Gasteiger partial charge in [0.25, 0.3) is 5.91 Å². The Morgan fingerprint density at radius 1 is 1.21 bits per heavy atom. The highest BCUT2D eigenvalue weighted by molar-refractivity contribution is 6.05. The molecule has 148 valence electrons. The van der Waals surface area contributed by atoms with Gasteiger partial charge in [-0.2, -0.15) is 18.3 Å². The van der Waals surface area contributed by atoms with Gasteiger partial charge in [-0.25, -0.2) is 4.39 Å². The smallest absolute Gasteiger partial charge is 0.422 e. The van der Waals surface area contributed by atoms with Crippen molar-refractivity contribution < 1.29 is 27.1 Å². The summed E-state index contributed by atoms with van der Waals surface area (Å²) in [6.45, 7) is -1.45. The van der Waals surface area contributed by atoms with E-state index in [9.17, 15) is 22.4 Å². The number of amides is 1. The largest absolute Gasteiger partial charge is 0.484 e. The summed E-state index contributed by atoms with van der Waals surface area (Å²) in [7, 11) is 1.48. The zero-order valence-electron chi connectivity index (χ0n) is 14.7. The van der Waals surface area contributed by atoms with Crippen LogP contribution in [0.5, 0.6) is 5.75 Å². The minimum Gasteiger partial charge on any atom is -0.484 e. The lowest BCUT2D eigenvalue weighted by Crippen LogP contribution is -2.20. The van der Waals surface area contributed by atoms with Crippen LogP contribution in [0.4, 0.5) is 23.2 Å². The lowest BCUT2D eigenvalue weighted by atomic mass is 10.1. The number of hydrogen-bond acceptors (Lipinski definition) is 4. The van der Waals surface area contributed by atoms with E-state index in [2.05, 4.69) is 20.8 Å². The summed E-state index contributed by atoms with van der Waals surface area (Å²) < 4.78 is 55.5. The van der Waals surface area contributed by atoms with Gasteiger partial charge in [-0.3, -0.25) is 9.89 Å². The fourth-order valence-corrected chi connectivity index (χ4v) is 2.60. The van der Waals surface area contributed by atoms with Gasteiger partial charge in [0.1, 0.15) is 11.6 Å². The molecule has 3 aromatic rings. The van der Waals surface area contributed by atoms with Crippen molar-refractivity contribution in [3.05, 3.63) is 53.5 Å². The van der Waals surface area contributed by atoms with Crippen LogP contribution >= 0.6 is 0 Å². The summed E-state index contributed by atoms with van der Waals surface area (Å²) in [6, 6.07) is 8.35. The van der Waals surface area contributed by atoms with E-state index in [1.807, 2.05) is 0 Å². The van der Waals surface area contributed by atoms with E-state index in [0.29, 0.717) is 16.6 Å². The van der Waals surface area contributed by atoms with Crippen molar-refractivity contribution in [2.24, 2.45) is 0 Å². The van der Waals surface area contributed by atoms with E-state index >= 15 is 0 Å². The first-order valence-electron chi connectivity index (χ1n) is 8.19. The normalized spacial score (nSPS) is 11.5. The van der Waals surface area contributed by atoms with Gasteiger partial charge in [0.15, 0.2) is 12.3 Å². The number of nitrogens with zero attached hydrogens (tertiary/aromatic N) is 1. The lowest BCUT2D eigenvalue weighted by molar-refractivity contribution is -0.153. The lowest BCUT2D eigenvalue weighted by Gasteiger charge is -2.14. The summed E-state index contributed by atoms with van der Waals surface area (Å²) in [5.74, 6) is -1.03. The molecule has 1 heterocycles. The van der Waals surface area contributed by atoms with Crippen LogP contribution in [0.15, 0.2) is 36.4 Å². The van der Waals surface area contributed by atoms with Crippen molar-refractivity contribution >= 4 is 22.5 Å². The summed E-state index contributed by atoms with van der Waals surface area (Å²) in [5, 5.41) is 12.7. The van der Waals surface area contributed by atoms with Crippen LogP contribution in [-0.4, -0.2) is 35.9 Å². The van der Waals surface area contributed by atoms with E-state index in [1.165, 1.54) is 7.05 Å². The first kappa shape index (κ1) is 19.5. The maximum Gasteiger partial charge on any atom is 0.422 e. The van der Waals surface area contributed by atoms with E-state index < -0.39 is 18.6 Å². The molecule has 0 aliphatic heterocycles. The Bertz CT molecular complexity index is 1000. The predicted octanol–water partition coefficient (Wildman–Crippen LogP) is 3.61. The maximum absolute atomic E-state index is 13.5. The van der Waals surface area contributed by atoms with E-state index in [4.69, 9.17) is 4.74 Å². The van der Waals surface area contributed by atoms with Crippen molar-refractivity contribution in [1.29, 1.82) is 0 Å². The number of carbonyl (C=O) groups is 1. The Kier molecular flexibility index (Phi) is 5.39. The molecule has 28 heavy (non-hydrogen) atoms. The zero-order chi connectivity index (χ0) is 20.3. The van der Waals surface area contributed by atoms with E-state index in [1.54, 1.807) is 18.2 Å². The van der Waals surface area contributed by atoms with Crippen molar-refractivity contribution in [3.8, 4) is 5.75 Å². The fourth-order valence-electron chi connectivity index (χ4n) is 2.60. The van der Waals surface area contributed by atoms with Gasteiger partial charge in [0.2, 0.25) is 0 Å². The molecule has 1 aromatic heterocycles. The van der Waals surface area contributed by atoms with Crippen LogP contribution in [0.25, 0.3) is 10.9 Å². The first-order chi connectivity index (χ1) is 13.3. The number of halogens is 4. The number of aromatic nitrogens is 2. The van der Waals surface area contributed by atoms with Gasteiger partial charge < -0.3 is 15.4 Å². The number of fused-ring (bicyclic) bond motifs is 1. The second-order valence-electron chi connectivity index (χ2n) is 5.92. The third-order valence-corrected chi connectivity index (χ3v) is 3.90. The Hall–Kier alpha value is -3.30. The first-order valence-corrected chi connectivity index (χ1v) is 8.19. The van der Waals surface area contributed by atoms with Crippen LogP contribution in [0.3, 0.4) is 0 Å². The highest BCUT2D eigenvalue weighted by Crippen LogP contribution is 2.25. The van der Waals surface area contributed by atoms with Crippen LogP contribution in [-0.2, 0) is 6.54 Å². The number of H-pyrrole nitrogens is 1. The number of carbonyl (C=O) groups excluding carboxylic acids is 1. The van der Waals surface area contributed by atoms with Gasteiger partial charge in [-0.15, -0.1) is 0 Å². The third-order valence-electron chi connectivity index (χ3n) is 3.90. The molecule has 0 atom stereocenters. The van der Waals surface area contributed by atoms with Crippen LogP contribution < -0.4 is 15.4 Å². The second kappa shape index (κ2) is 7.75. The van der Waals surface area contributed by atoms with Crippen LogP contribution in [0, 0.1) is 5.82 Å². The summed E-state index contributed by atoms with van der Waals surface area (Å²) >= 11 is 0. The molecular weight excluding hydrogens is 380 g/mol. The molecule has 0 fully saturated rings. The van der Waals surface area contributed by atoms with E-state index in [-0.39, 0.29) is 29.5 Å². The molecular formula is C18H16F4N4O2. The molecule has 0 unspecified atom stereocenters. The predicted molar refractivity (Wildman–Crippen MR) is 94.8 cm³/mol. The SMILES string of the molecule is CNC(=O)c1n[nH]c2ccc(NCc3cc(F)ccc3OCC(F)(F)F)cc12. The quantitative estimate of drug-likeness (QED) is 0.556. The third kappa shape index (κ3) is 4.51. The summed E-state index contributed by atoms with van der Waals surface area (Å²) in [6.07, 6.45) is -4.50. The topological polar surface area (TPSA) is 79.0 Å². The van der Waals surface area contributed by atoms with Crippen molar-refractivity contribution in [1.82, 2.24) is 15.5 Å². The molecule has 3 rings (SSSR count). The summed E-state index contributed by atoms with van der Waals surface area (Å²) in [4.78, 5) is 11.9. The molecule has 0 aliphatic carbocycles. The fraction of sp³-hybridized carbons (Fsp3) is 0.222. The second-order valence-corrected chi connectivity index (χ2v) is 5.92. The average Bonchev–Trinajstić information content (AvgIpc) is 3.07. The van der Waals surface area contributed by atoms with Crippen molar-refractivity contribution in [2.75, 3.05) is 19.0 Å². The van der Waals surface area contributed by atoms with Gasteiger partial charge in [0, 0.05) is 30.2 Å². The van der Waals surface area contributed by atoms with Crippen LogP contribution in [0.2, 0.25) is 0 Å². The molecule has 1 amide bonds. The highest BCUT2D eigenvalue weighted by Gasteiger charge is 2.28. The number of nitrogens with one attached hydrogen (secondary N) is 3. The Morgan fingerprint density at radius 3 is 2.71 bits per heavy atom. The number of anilines is 1. The van der Waals surface area contributed by atoms with E-state index in [0.717, 1.165) is 18.2 Å². The summed E-state index contributed by atoms with van der Waals surface area (Å²) in [5.41, 5.74) is 1.65. The molecule has 0 saturated carbocycles. The van der Waals surface area contributed by atoms with Gasteiger partial charge in [-0.05, 0) is 36.4 Å².